The summed E-state index contributed by atoms with van der Waals surface area (Å²) in [6.07, 6.45) is 1.22. The monoisotopic (exact) mass is 189 g/mol. The molecule has 0 aliphatic carbocycles. The van der Waals surface area contributed by atoms with E-state index >= 15 is 0 Å². The third-order valence-corrected chi connectivity index (χ3v) is 2.12. The van der Waals surface area contributed by atoms with Crippen molar-refractivity contribution in [2.75, 3.05) is 0 Å². The fourth-order valence-corrected chi connectivity index (χ4v) is 1.43. The van der Waals surface area contributed by atoms with Crippen LogP contribution in [0.25, 0.3) is 0 Å². The van der Waals surface area contributed by atoms with E-state index in [1.165, 1.54) is 18.3 Å². The van der Waals surface area contributed by atoms with E-state index in [2.05, 4.69) is 4.98 Å². The Bertz CT molecular complexity index is 373. The minimum atomic E-state index is -4.32. The molecule has 0 amide bonds. The molecular formula is C6H7NO4S. The van der Waals surface area contributed by atoms with Gasteiger partial charge < -0.3 is 5.11 Å². The van der Waals surface area contributed by atoms with E-state index in [9.17, 15) is 8.42 Å². The molecule has 0 saturated carbocycles. The van der Waals surface area contributed by atoms with Crippen molar-refractivity contribution in [3.8, 4) is 0 Å². The predicted octanol–water partition coefficient (Wildman–Crippen LogP) is -0.179. The molecule has 1 rings (SSSR count). The van der Waals surface area contributed by atoms with Crippen LogP contribution in [-0.2, 0) is 16.7 Å². The summed E-state index contributed by atoms with van der Waals surface area (Å²) < 4.78 is 29.8. The van der Waals surface area contributed by atoms with Gasteiger partial charge in [-0.15, -0.1) is 0 Å². The molecule has 6 heteroatoms. The number of aliphatic hydroxyl groups is 1. The molecule has 0 atom stereocenters. The lowest BCUT2D eigenvalue weighted by Crippen LogP contribution is -2.05. The summed E-state index contributed by atoms with van der Waals surface area (Å²) in [4.78, 5) is 3.42. The van der Waals surface area contributed by atoms with E-state index < -0.39 is 21.8 Å². The number of rotatable bonds is 2. The van der Waals surface area contributed by atoms with Gasteiger partial charge in [0, 0.05) is 11.8 Å². The van der Waals surface area contributed by atoms with Crippen molar-refractivity contribution in [2.45, 2.75) is 11.6 Å². The standard InChI is InChI=1S/C6H7NO4S/c8-4-5-2-1-3-7-6(5)12(9,10)11/h1-3,8H,4H2,(H,9,10,11). The van der Waals surface area contributed by atoms with E-state index in [-0.39, 0.29) is 5.56 Å². The van der Waals surface area contributed by atoms with Gasteiger partial charge in [-0.2, -0.15) is 8.42 Å². The van der Waals surface area contributed by atoms with Crippen LogP contribution < -0.4 is 0 Å². The number of hydrogen-bond donors (Lipinski definition) is 2. The fraction of sp³-hybridized carbons (Fsp3) is 0.167. The quantitative estimate of drug-likeness (QED) is 0.630. The summed E-state index contributed by atoms with van der Waals surface area (Å²) in [6.45, 7) is -0.469. The Kier molecular flexibility index (Phi) is 2.41. The second kappa shape index (κ2) is 3.18. The highest BCUT2D eigenvalue weighted by Crippen LogP contribution is 2.10. The van der Waals surface area contributed by atoms with Crippen LogP contribution in [0.3, 0.4) is 0 Å². The first-order valence-corrected chi connectivity index (χ1v) is 4.52. The molecule has 0 aromatic carbocycles. The van der Waals surface area contributed by atoms with Gasteiger partial charge in [0.25, 0.3) is 0 Å². The van der Waals surface area contributed by atoms with Crippen LogP contribution in [0.15, 0.2) is 23.4 Å². The molecule has 0 bridgehead atoms. The largest absolute Gasteiger partial charge is 0.392 e. The summed E-state index contributed by atoms with van der Waals surface area (Å²) in [5.41, 5.74) is 0.0833. The van der Waals surface area contributed by atoms with Crippen LogP contribution in [0.1, 0.15) is 5.56 Å². The lowest BCUT2D eigenvalue weighted by atomic mass is 10.3. The summed E-state index contributed by atoms with van der Waals surface area (Å²) in [5, 5.41) is 8.17. The highest BCUT2D eigenvalue weighted by molar-refractivity contribution is 7.85. The second-order valence-electron chi connectivity index (χ2n) is 2.10. The first kappa shape index (κ1) is 9.11. The summed E-state index contributed by atoms with van der Waals surface area (Å²) in [6, 6.07) is 2.84. The molecule has 0 saturated heterocycles. The van der Waals surface area contributed by atoms with Gasteiger partial charge in [-0.05, 0) is 6.07 Å². The molecule has 1 aromatic rings. The molecule has 0 radical (unpaired) electrons. The fourth-order valence-electron chi connectivity index (χ4n) is 0.777. The molecule has 0 aliphatic heterocycles. The van der Waals surface area contributed by atoms with Gasteiger partial charge in [-0.25, -0.2) is 4.98 Å². The minimum Gasteiger partial charge on any atom is -0.392 e. The van der Waals surface area contributed by atoms with Crippen molar-refractivity contribution < 1.29 is 18.1 Å². The topological polar surface area (TPSA) is 87.5 Å². The molecule has 2 N–H and O–H groups in total. The van der Waals surface area contributed by atoms with Crippen LogP contribution in [0, 0.1) is 0 Å². The zero-order valence-electron chi connectivity index (χ0n) is 6.01. The molecule has 66 valence electrons. The Morgan fingerprint density at radius 2 is 2.17 bits per heavy atom. The highest BCUT2D eigenvalue weighted by atomic mass is 32.2. The Morgan fingerprint density at radius 3 is 2.58 bits per heavy atom. The van der Waals surface area contributed by atoms with E-state index in [1.54, 1.807) is 0 Å². The minimum absolute atomic E-state index is 0.0833. The number of nitrogens with zero attached hydrogens (tertiary/aromatic N) is 1. The maximum Gasteiger partial charge on any atom is 0.312 e. The van der Waals surface area contributed by atoms with Crippen molar-refractivity contribution in [3.05, 3.63) is 23.9 Å². The van der Waals surface area contributed by atoms with Crippen molar-refractivity contribution >= 4 is 10.1 Å². The van der Waals surface area contributed by atoms with Crippen LogP contribution in [-0.4, -0.2) is 23.1 Å². The number of hydrogen-bond acceptors (Lipinski definition) is 4. The van der Waals surface area contributed by atoms with Gasteiger partial charge in [0.05, 0.1) is 6.61 Å². The van der Waals surface area contributed by atoms with Gasteiger partial charge >= 0.3 is 10.1 Å². The van der Waals surface area contributed by atoms with Crippen molar-refractivity contribution in [3.63, 3.8) is 0 Å². The zero-order chi connectivity index (χ0) is 9.19. The molecule has 5 nitrogen and oxygen atoms in total. The smallest absolute Gasteiger partial charge is 0.312 e. The second-order valence-corrected chi connectivity index (χ2v) is 3.44. The number of pyridine rings is 1. The van der Waals surface area contributed by atoms with Gasteiger partial charge in [-0.1, -0.05) is 6.07 Å². The summed E-state index contributed by atoms with van der Waals surface area (Å²) in [5.74, 6) is 0. The highest BCUT2D eigenvalue weighted by Gasteiger charge is 2.15. The average molecular weight is 189 g/mol. The summed E-state index contributed by atoms with van der Waals surface area (Å²) >= 11 is 0. The maximum absolute atomic E-state index is 10.6. The Morgan fingerprint density at radius 1 is 1.50 bits per heavy atom. The third-order valence-electron chi connectivity index (χ3n) is 1.26. The summed E-state index contributed by atoms with van der Waals surface area (Å²) in [7, 11) is -4.32. The number of aromatic nitrogens is 1. The lowest BCUT2D eigenvalue weighted by Gasteiger charge is -2.00. The normalized spacial score (nSPS) is 11.5. The van der Waals surface area contributed by atoms with Gasteiger partial charge in [0.2, 0.25) is 0 Å². The Hall–Kier alpha value is -0.980. The van der Waals surface area contributed by atoms with Gasteiger partial charge in [0.15, 0.2) is 5.03 Å². The van der Waals surface area contributed by atoms with Crippen molar-refractivity contribution in [2.24, 2.45) is 0 Å². The lowest BCUT2D eigenvalue weighted by molar-refractivity contribution is 0.276. The van der Waals surface area contributed by atoms with Crippen LogP contribution in [0.4, 0.5) is 0 Å². The van der Waals surface area contributed by atoms with Crippen LogP contribution in [0.2, 0.25) is 0 Å². The van der Waals surface area contributed by atoms with Crippen LogP contribution in [0.5, 0.6) is 0 Å². The zero-order valence-corrected chi connectivity index (χ0v) is 6.82. The molecule has 0 fully saturated rings. The predicted molar refractivity (Wildman–Crippen MR) is 40.0 cm³/mol. The molecule has 0 unspecified atom stereocenters. The van der Waals surface area contributed by atoms with E-state index in [4.69, 9.17) is 9.66 Å². The van der Waals surface area contributed by atoms with Crippen molar-refractivity contribution in [1.29, 1.82) is 0 Å². The van der Waals surface area contributed by atoms with E-state index in [0.717, 1.165) is 0 Å². The molecular weight excluding hydrogens is 182 g/mol. The molecule has 0 spiro atoms. The number of aliphatic hydroxyl groups excluding tert-OH is 1. The average Bonchev–Trinajstić information content (AvgIpc) is 2.03. The maximum atomic E-state index is 10.6. The van der Waals surface area contributed by atoms with Gasteiger partial charge in [0.1, 0.15) is 0 Å². The SMILES string of the molecule is O=S(=O)(O)c1ncccc1CO. The first-order chi connectivity index (χ1) is 5.55. The molecule has 0 aliphatic rings. The van der Waals surface area contributed by atoms with Gasteiger partial charge in [-0.3, -0.25) is 4.55 Å². The molecule has 1 heterocycles. The van der Waals surface area contributed by atoms with Crippen LogP contribution >= 0.6 is 0 Å². The van der Waals surface area contributed by atoms with E-state index in [1.807, 2.05) is 0 Å². The van der Waals surface area contributed by atoms with Crippen molar-refractivity contribution in [1.82, 2.24) is 4.98 Å². The Balaban J connectivity index is 3.33. The molecule has 1 aromatic heterocycles. The van der Waals surface area contributed by atoms with E-state index in [0.29, 0.717) is 0 Å². The Labute approximate surface area is 69.4 Å². The first-order valence-electron chi connectivity index (χ1n) is 3.08. The third kappa shape index (κ3) is 1.79. The molecule has 12 heavy (non-hydrogen) atoms.